The van der Waals surface area contributed by atoms with Crippen LogP contribution >= 0.6 is 0 Å². The second-order valence-electron chi connectivity index (χ2n) is 4.25. The molecule has 0 aromatic heterocycles. The SMILES string of the molecule is N.[B].c1ccc2c(c1)-c1cccc3cccc-2c13. The average molecular weight is 230 g/mol. The van der Waals surface area contributed by atoms with Gasteiger partial charge < -0.3 is 6.15 Å². The van der Waals surface area contributed by atoms with Crippen molar-refractivity contribution in [2.45, 2.75) is 0 Å². The maximum absolute atomic E-state index is 2.22. The molecule has 4 rings (SSSR count). The van der Waals surface area contributed by atoms with E-state index in [1.165, 1.54) is 33.0 Å². The Bertz CT molecular complexity index is 661. The van der Waals surface area contributed by atoms with Crippen LogP contribution in [0.4, 0.5) is 0 Å². The third-order valence-corrected chi connectivity index (χ3v) is 3.41. The maximum atomic E-state index is 2.22. The molecule has 0 saturated heterocycles. The Morgan fingerprint density at radius 3 is 1.44 bits per heavy atom. The van der Waals surface area contributed by atoms with Crippen molar-refractivity contribution in [1.82, 2.24) is 6.15 Å². The molecule has 2 heteroatoms. The van der Waals surface area contributed by atoms with E-state index in [0.717, 1.165) is 0 Å². The largest absolute Gasteiger partial charge is 0.344 e. The fraction of sp³-hybridized carbons (Fsp3) is 0. The van der Waals surface area contributed by atoms with Gasteiger partial charge in [-0.25, -0.2) is 0 Å². The Morgan fingerprint density at radius 2 is 0.944 bits per heavy atom. The Balaban J connectivity index is 0.000000602. The van der Waals surface area contributed by atoms with E-state index < -0.39 is 0 Å². The summed E-state index contributed by atoms with van der Waals surface area (Å²) < 4.78 is 0. The lowest BCUT2D eigenvalue weighted by Gasteiger charge is -2.00. The summed E-state index contributed by atoms with van der Waals surface area (Å²) in [5.41, 5.74) is 5.50. The number of rotatable bonds is 0. The van der Waals surface area contributed by atoms with Crippen molar-refractivity contribution in [1.29, 1.82) is 0 Å². The van der Waals surface area contributed by atoms with Gasteiger partial charge in [-0.15, -0.1) is 0 Å². The number of benzene rings is 3. The fourth-order valence-electron chi connectivity index (χ4n) is 2.74. The summed E-state index contributed by atoms with van der Waals surface area (Å²) in [6, 6.07) is 21.8. The van der Waals surface area contributed by atoms with Crippen molar-refractivity contribution in [3.8, 4) is 22.3 Å². The Morgan fingerprint density at radius 1 is 0.500 bits per heavy atom. The third kappa shape index (κ3) is 1.39. The van der Waals surface area contributed by atoms with Gasteiger partial charge in [0.05, 0.1) is 0 Å². The molecule has 1 aliphatic rings. The first kappa shape index (κ1) is 12.4. The molecule has 1 aliphatic carbocycles. The van der Waals surface area contributed by atoms with Gasteiger partial charge in [0.25, 0.3) is 0 Å². The molecule has 0 heterocycles. The summed E-state index contributed by atoms with van der Waals surface area (Å²) in [5.74, 6) is 0. The molecule has 0 bridgehead atoms. The molecule has 0 saturated carbocycles. The Labute approximate surface area is 109 Å². The molecule has 3 radical (unpaired) electrons. The highest BCUT2D eigenvalue weighted by Crippen LogP contribution is 2.46. The van der Waals surface area contributed by atoms with E-state index in [0.29, 0.717) is 0 Å². The highest BCUT2D eigenvalue weighted by atomic mass is 14.2. The summed E-state index contributed by atoms with van der Waals surface area (Å²) in [7, 11) is 0. The van der Waals surface area contributed by atoms with E-state index in [1.807, 2.05) is 0 Å². The van der Waals surface area contributed by atoms with Crippen LogP contribution in [0.2, 0.25) is 0 Å². The van der Waals surface area contributed by atoms with Gasteiger partial charge in [0.1, 0.15) is 0 Å². The predicted molar refractivity (Wildman–Crippen MR) is 79.2 cm³/mol. The van der Waals surface area contributed by atoms with Crippen LogP contribution < -0.4 is 6.15 Å². The van der Waals surface area contributed by atoms with Gasteiger partial charge in [0.15, 0.2) is 0 Å². The topological polar surface area (TPSA) is 35.0 Å². The second kappa shape index (κ2) is 4.32. The van der Waals surface area contributed by atoms with Crippen molar-refractivity contribution in [2.75, 3.05) is 0 Å². The maximum Gasteiger partial charge on any atom is 0 e. The minimum atomic E-state index is 0. The van der Waals surface area contributed by atoms with Crippen molar-refractivity contribution < 1.29 is 0 Å². The zero-order valence-electron chi connectivity index (χ0n) is 10.1. The summed E-state index contributed by atoms with van der Waals surface area (Å²) in [6.07, 6.45) is 0. The predicted octanol–water partition coefficient (Wildman–Crippen LogP) is 4.27. The molecule has 0 amide bonds. The van der Waals surface area contributed by atoms with Crippen molar-refractivity contribution in [3.63, 3.8) is 0 Å². The molecule has 1 nitrogen and oxygen atoms in total. The van der Waals surface area contributed by atoms with Crippen LogP contribution in [0.25, 0.3) is 33.0 Å². The summed E-state index contributed by atoms with van der Waals surface area (Å²) in [4.78, 5) is 0. The molecule has 18 heavy (non-hydrogen) atoms. The molecule has 3 aromatic rings. The summed E-state index contributed by atoms with van der Waals surface area (Å²) in [5, 5.41) is 2.75. The van der Waals surface area contributed by atoms with Gasteiger partial charge in [-0.05, 0) is 33.0 Å². The first-order valence-electron chi connectivity index (χ1n) is 5.57. The van der Waals surface area contributed by atoms with Crippen LogP contribution in [0.3, 0.4) is 0 Å². The van der Waals surface area contributed by atoms with Gasteiger partial charge in [0.2, 0.25) is 0 Å². The quantitative estimate of drug-likeness (QED) is 0.450. The zero-order valence-corrected chi connectivity index (χ0v) is 10.1. The monoisotopic (exact) mass is 230 g/mol. The Hall–Kier alpha value is -2.06. The Kier molecular flexibility index (Phi) is 2.97. The van der Waals surface area contributed by atoms with Crippen molar-refractivity contribution >= 4 is 19.2 Å². The number of hydrogen-bond acceptors (Lipinski definition) is 1. The second-order valence-corrected chi connectivity index (χ2v) is 4.25. The molecule has 0 atom stereocenters. The molecule has 0 unspecified atom stereocenters. The molecule has 0 spiro atoms. The van der Waals surface area contributed by atoms with E-state index >= 15 is 0 Å². The van der Waals surface area contributed by atoms with E-state index in [4.69, 9.17) is 0 Å². The van der Waals surface area contributed by atoms with Crippen molar-refractivity contribution in [2.24, 2.45) is 0 Å². The van der Waals surface area contributed by atoms with Crippen LogP contribution in [-0.4, -0.2) is 8.41 Å². The van der Waals surface area contributed by atoms with Gasteiger partial charge in [-0.3, -0.25) is 0 Å². The molecular formula is C16H13BN. The van der Waals surface area contributed by atoms with Crippen LogP contribution in [-0.2, 0) is 0 Å². The van der Waals surface area contributed by atoms with Gasteiger partial charge in [-0.2, -0.15) is 0 Å². The third-order valence-electron chi connectivity index (χ3n) is 3.41. The first-order valence-corrected chi connectivity index (χ1v) is 5.57. The minimum absolute atomic E-state index is 0. The minimum Gasteiger partial charge on any atom is -0.344 e. The molecule has 0 fully saturated rings. The number of hydrogen-bond donors (Lipinski definition) is 1. The highest BCUT2D eigenvalue weighted by molar-refractivity contribution is 6.15. The van der Waals surface area contributed by atoms with E-state index in [-0.39, 0.29) is 14.6 Å². The summed E-state index contributed by atoms with van der Waals surface area (Å²) >= 11 is 0. The lowest BCUT2D eigenvalue weighted by molar-refractivity contribution is 1.70. The van der Waals surface area contributed by atoms with E-state index in [1.54, 1.807) is 0 Å². The number of fused-ring (bicyclic) bond motifs is 3. The van der Waals surface area contributed by atoms with Crippen LogP contribution in [0.15, 0.2) is 60.7 Å². The lowest BCUT2D eigenvalue weighted by Crippen LogP contribution is -1.73. The lowest BCUT2D eigenvalue weighted by atomic mass is 10.0. The summed E-state index contributed by atoms with van der Waals surface area (Å²) in [6.45, 7) is 0. The van der Waals surface area contributed by atoms with Crippen LogP contribution in [0.1, 0.15) is 0 Å². The molecule has 0 aliphatic heterocycles. The average Bonchev–Trinajstić information content (AvgIpc) is 2.68. The van der Waals surface area contributed by atoms with Crippen LogP contribution in [0.5, 0.6) is 0 Å². The van der Waals surface area contributed by atoms with Crippen LogP contribution in [0, 0.1) is 0 Å². The van der Waals surface area contributed by atoms with E-state index in [2.05, 4.69) is 60.7 Å². The van der Waals surface area contributed by atoms with Gasteiger partial charge in [-0.1, -0.05) is 60.7 Å². The standard InChI is InChI=1S/C16H10.B.H3N/c1-2-8-13-12(7-1)14-9-3-5-11-6-4-10-15(13)16(11)14;;/h1-10H;;1H3. The van der Waals surface area contributed by atoms with Gasteiger partial charge >= 0.3 is 0 Å². The molecule has 3 N–H and O–H groups in total. The molecular weight excluding hydrogens is 217 g/mol. The first-order chi connectivity index (χ1) is 7.95. The zero-order chi connectivity index (χ0) is 10.5. The molecule has 85 valence electrons. The van der Waals surface area contributed by atoms with E-state index in [9.17, 15) is 0 Å². The van der Waals surface area contributed by atoms with Crippen molar-refractivity contribution in [3.05, 3.63) is 60.7 Å². The normalized spacial score (nSPS) is 10.4. The smallest absolute Gasteiger partial charge is 0 e. The highest BCUT2D eigenvalue weighted by Gasteiger charge is 2.19. The molecule has 3 aromatic carbocycles. The van der Waals surface area contributed by atoms with Gasteiger partial charge in [0, 0.05) is 8.41 Å². The fourth-order valence-corrected chi connectivity index (χ4v) is 2.74.